The molecule has 3 heterocycles. The number of thioether (sulfide) groups is 1. The summed E-state index contributed by atoms with van der Waals surface area (Å²) in [7, 11) is 0. The Morgan fingerprint density at radius 2 is 2.03 bits per heavy atom. The van der Waals surface area contributed by atoms with Gasteiger partial charge in [-0.3, -0.25) is 24.6 Å². The number of aromatic nitrogens is 4. The van der Waals surface area contributed by atoms with Gasteiger partial charge < -0.3 is 5.32 Å². The Hall–Kier alpha value is -2.95. The number of hydrazine groups is 1. The first-order valence-electron chi connectivity index (χ1n) is 9.37. The molecule has 11 heteroatoms. The topological polar surface area (TPSA) is 122 Å². The van der Waals surface area contributed by atoms with Crippen LogP contribution in [0, 0.1) is 0 Å². The third-order valence-corrected chi connectivity index (χ3v) is 6.00. The molecule has 4 amide bonds. The molecular formula is C18H21N7O3S. The smallest absolute Gasteiger partial charge is 0.322 e. The molecule has 0 spiro atoms. The molecule has 4 rings (SSSR count). The molecule has 1 aliphatic carbocycles. The summed E-state index contributed by atoms with van der Waals surface area (Å²) in [6.45, 7) is 3.43. The molecule has 152 valence electrons. The molecule has 29 heavy (non-hydrogen) atoms. The van der Waals surface area contributed by atoms with E-state index in [9.17, 15) is 14.4 Å². The SMILES string of the molecule is CC[C@]1(C)NC(=O)N(NC(=O)CSc2nnc(-c3ccncc3)n2C2CC2)C1=O. The average Bonchev–Trinajstić information content (AvgIpc) is 3.44. The molecule has 2 fully saturated rings. The number of urea groups is 1. The zero-order chi connectivity index (χ0) is 20.6. The first kappa shape index (κ1) is 19.4. The summed E-state index contributed by atoms with van der Waals surface area (Å²) in [6, 6.07) is 3.42. The largest absolute Gasteiger partial charge is 0.344 e. The van der Waals surface area contributed by atoms with Gasteiger partial charge >= 0.3 is 6.03 Å². The second-order valence-corrected chi connectivity index (χ2v) is 8.17. The van der Waals surface area contributed by atoms with E-state index in [2.05, 4.69) is 25.9 Å². The Morgan fingerprint density at radius 3 is 2.66 bits per heavy atom. The summed E-state index contributed by atoms with van der Waals surface area (Å²) in [4.78, 5) is 40.8. The number of rotatable bonds is 7. The summed E-state index contributed by atoms with van der Waals surface area (Å²) in [5, 5.41) is 12.5. The van der Waals surface area contributed by atoms with Crippen molar-refractivity contribution in [1.82, 2.24) is 35.5 Å². The highest BCUT2D eigenvalue weighted by molar-refractivity contribution is 7.99. The maximum Gasteiger partial charge on any atom is 0.344 e. The Kier molecular flexibility index (Phi) is 4.99. The van der Waals surface area contributed by atoms with Crippen molar-refractivity contribution < 1.29 is 14.4 Å². The first-order chi connectivity index (χ1) is 13.9. The fraction of sp³-hybridized carbons (Fsp3) is 0.444. The standard InChI is InChI=1S/C18H21N7O3S/c1-3-18(2)15(27)25(16(28)20-18)23-13(26)10-29-17-22-21-14(24(17)12-4-5-12)11-6-8-19-9-7-11/h6-9,12H,3-5,10H2,1-2H3,(H,20,28)(H,23,26)/t18-/m0/s1. The highest BCUT2D eigenvalue weighted by atomic mass is 32.2. The van der Waals surface area contributed by atoms with Crippen molar-refractivity contribution in [2.45, 2.75) is 49.8 Å². The van der Waals surface area contributed by atoms with Crippen LogP contribution in [0.15, 0.2) is 29.7 Å². The quantitative estimate of drug-likeness (QED) is 0.519. The van der Waals surface area contributed by atoms with Crippen LogP contribution in [0.2, 0.25) is 0 Å². The van der Waals surface area contributed by atoms with Gasteiger partial charge in [0, 0.05) is 24.0 Å². The average molecular weight is 415 g/mol. The lowest BCUT2D eigenvalue weighted by atomic mass is 10.00. The van der Waals surface area contributed by atoms with Gasteiger partial charge in [0.15, 0.2) is 11.0 Å². The van der Waals surface area contributed by atoms with Crippen molar-refractivity contribution in [3.8, 4) is 11.4 Å². The lowest BCUT2D eigenvalue weighted by molar-refractivity contribution is -0.137. The molecule has 2 aromatic rings. The molecule has 10 nitrogen and oxygen atoms in total. The molecule has 0 radical (unpaired) electrons. The van der Waals surface area contributed by atoms with Gasteiger partial charge in [0.2, 0.25) is 5.91 Å². The van der Waals surface area contributed by atoms with Crippen LogP contribution < -0.4 is 10.7 Å². The normalized spacial score (nSPS) is 21.4. The fourth-order valence-electron chi connectivity index (χ4n) is 3.05. The first-order valence-corrected chi connectivity index (χ1v) is 10.4. The number of hydrogen-bond donors (Lipinski definition) is 2. The highest BCUT2D eigenvalue weighted by Gasteiger charge is 2.47. The second-order valence-electron chi connectivity index (χ2n) is 7.22. The number of pyridine rings is 1. The van der Waals surface area contributed by atoms with Gasteiger partial charge in [-0.25, -0.2) is 4.79 Å². The zero-order valence-electron chi connectivity index (χ0n) is 16.1. The lowest BCUT2D eigenvalue weighted by Crippen LogP contribution is -2.49. The molecule has 1 atom stereocenters. The van der Waals surface area contributed by atoms with E-state index >= 15 is 0 Å². The van der Waals surface area contributed by atoms with Crippen molar-refractivity contribution in [1.29, 1.82) is 0 Å². The van der Waals surface area contributed by atoms with Gasteiger partial charge in [-0.1, -0.05) is 18.7 Å². The van der Waals surface area contributed by atoms with Crippen molar-refractivity contribution in [2.24, 2.45) is 0 Å². The number of amides is 4. The maximum atomic E-state index is 12.4. The van der Waals surface area contributed by atoms with Crippen LogP contribution in [0.3, 0.4) is 0 Å². The number of hydrogen-bond acceptors (Lipinski definition) is 7. The molecule has 1 aliphatic heterocycles. The van der Waals surface area contributed by atoms with Crippen LogP contribution in [0.1, 0.15) is 39.2 Å². The monoisotopic (exact) mass is 415 g/mol. The Bertz CT molecular complexity index is 960. The van der Waals surface area contributed by atoms with Gasteiger partial charge in [0.25, 0.3) is 5.91 Å². The fourth-order valence-corrected chi connectivity index (χ4v) is 3.85. The second kappa shape index (κ2) is 7.47. The van der Waals surface area contributed by atoms with Crippen LogP contribution >= 0.6 is 11.8 Å². The maximum absolute atomic E-state index is 12.4. The Balaban J connectivity index is 1.43. The molecule has 1 saturated carbocycles. The predicted molar refractivity (Wildman–Crippen MR) is 104 cm³/mol. The highest BCUT2D eigenvalue weighted by Crippen LogP contribution is 2.40. The number of imide groups is 1. The molecule has 2 aliphatic rings. The molecule has 0 aromatic carbocycles. The number of nitrogens with one attached hydrogen (secondary N) is 2. The van der Waals surface area contributed by atoms with E-state index in [1.54, 1.807) is 26.2 Å². The van der Waals surface area contributed by atoms with Crippen LogP contribution in [-0.4, -0.2) is 53.9 Å². The molecule has 2 aromatic heterocycles. The lowest BCUT2D eigenvalue weighted by Gasteiger charge is -2.19. The molecule has 0 unspecified atom stereocenters. The van der Waals surface area contributed by atoms with E-state index in [1.807, 2.05) is 16.7 Å². The van der Waals surface area contributed by atoms with Crippen molar-refractivity contribution in [3.05, 3.63) is 24.5 Å². The van der Waals surface area contributed by atoms with Gasteiger partial charge in [0.05, 0.1) is 5.75 Å². The third-order valence-electron chi connectivity index (χ3n) is 5.05. The van der Waals surface area contributed by atoms with Gasteiger partial charge in [0.1, 0.15) is 5.54 Å². The minimum atomic E-state index is -0.997. The minimum absolute atomic E-state index is 0.00109. The predicted octanol–water partition coefficient (Wildman–Crippen LogP) is 1.52. The van der Waals surface area contributed by atoms with Crippen molar-refractivity contribution in [2.75, 3.05) is 5.75 Å². The van der Waals surface area contributed by atoms with Crippen LogP contribution in [0.4, 0.5) is 4.79 Å². The number of nitrogens with zero attached hydrogens (tertiary/aromatic N) is 5. The molecule has 2 N–H and O–H groups in total. The summed E-state index contributed by atoms with van der Waals surface area (Å²) in [6.07, 6.45) is 5.90. The zero-order valence-corrected chi connectivity index (χ0v) is 16.9. The van der Waals surface area contributed by atoms with Gasteiger partial charge in [-0.05, 0) is 38.3 Å². The van der Waals surface area contributed by atoms with Gasteiger partial charge in [-0.15, -0.1) is 10.2 Å². The summed E-state index contributed by atoms with van der Waals surface area (Å²) in [5.41, 5.74) is 2.30. The number of carbonyl (C=O) groups excluding carboxylic acids is 3. The van der Waals surface area contributed by atoms with Crippen LogP contribution in [-0.2, 0) is 9.59 Å². The van der Waals surface area contributed by atoms with E-state index in [1.165, 1.54) is 11.8 Å². The minimum Gasteiger partial charge on any atom is -0.322 e. The van der Waals surface area contributed by atoms with Crippen LogP contribution in [0.25, 0.3) is 11.4 Å². The van der Waals surface area contributed by atoms with E-state index in [0.717, 1.165) is 29.2 Å². The molecular weight excluding hydrogens is 394 g/mol. The third kappa shape index (κ3) is 3.69. The Labute approximate surface area is 171 Å². The number of carbonyl (C=O) groups is 3. The van der Waals surface area contributed by atoms with E-state index < -0.39 is 23.4 Å². The summed E-state index contributed by atoms with van der Waals surface area (Å²) < 4.78 is 2.04. The van der Waals surface area contributed by atoms with Crippen molar-refractivity contribution in [3.63, 3.8) is 0 Å². The Morgan fingerprint density at radius 1 is 1.31 bits per heavy atom. The van der Waals surface area contributed by atoms with Crippen LogP contribution in [0.5, 0.6) is 0 Å². The van der Waals surface area contributed by atoms with E-state index in [4.69, 9.17) is 0 Å². The molecule has 1 saturated heterocycles. The van der Waals surface area contributed by atoms with Crippen molar-refractivity contribution >= 4 is 29.6 Å². The summed E-state index contributed by atoms with van der Waals surface area (Å²) in [5.74, 6) is -0.189. The van der Waals surface area contributed by atoms with E-state index in [-0.39, 0.29) is 5.75 Å². The summed E-state index contributed by atoms with van der Waals surface area (Å²) >= 11 is 1.22. The molecule has 0 bridgehead atoms. The van der Waals surface area contributed by atoms with Gasteiger partial charge in [-0.2, -0.15) is 5.01 Å². The van der Waals surface area contributed by atoms with E-state index in [0.29, 0.717) is 17.6 Å².